The van der Waals surface area contributed by atoms with E-state index in [0.717, 1.165) is 13.1 Å². The lowest BCUT2D eigenvalue weighted by molar-refractivity contribution is 0.0600. The van der Waals surface area contributed by atoms with E-state index in [1.807, 2.05) is 12.1 Å². The van der Waals surface area contributed by atoms with Gasteiger partial charge in [-0.3, -0.25) is 0 Å². The first-order valence-corrected chi connectivity index (χ1v) is 4.22. The molecule has 1 aliphatic heterocycles. The molecule has 1 aliphatic rings. The van der Waals surface area contributed by atoms with Crippen molar-refractivity contribution < 1.29 is 9.53 Å². The van der Waals surface area contributed by atoms with Crippen LogP contribution in [0.3, 0.4) is 0 Å². The summed E-state index contributed by atoms with van der Waals surface area (Å²) in [5.41, 5.74) is 3.10. The van der Waals surface area contributed by atoms with Crippen LogP contribution in [-0.2, 0) is 17.8 Å². The number of hydrogen-bond acceptors (Lipinski definition) is 3. The van der Waals surface area contributed by atoms with E-state index >= 15 is 0 Å². The van der Waals surface area contributed by atoms with Crippen LogP contribution >= 0.6 is 0 Å². The Morgan fingerprint density at radius 3 is 2.79 bits per heavy atom. The summed E-state index contributed by atoms with van der Waals surface area (Å²) in [6.45, 7) is 1.75. The molecule has 0 bridgehead atoms. The number of rotatable bonds is 1. The molecule has 0 unspecified atom stereocenters. The number of methoxy groups -OCH3 is 1. The summed E-state index contributed by atoms with van der Waals surface area (Å²) in [5.74, 6) is -0.269. The predicted molar refractivity (Wildman–Crippen MR) is 55.1 cm³/mol. The summed E-state index contributed by atoms with van der Waals surface area (Å²) in [6, 6.07) is 5.67. The Bertz CT molecular complexity index is 347. The standard InChI is InChI=1S/C10H11NO2.CH4/c1-13-10(12)7-2-3-8-5-11-6-9(8)4-7;/h2-4,11H,5-6H2,1H3;1H4. The van der Waals surface area contributed by atoms with E-state index in [2.05, 4.69) is 10.1 Å². The van der Waals surface area contributed by atoms with Crippen LogP contribution in [0.25, 0.3) is 0 Å². The number of fused-ring (bicyclic) bond motifs is 1. The van der Waals surface area contributed by atoms with Gasteiger partial charge in [-0.15, -0.1) is 0 Å². The summed E-state index contributed by atoms with van der Waals surface area (Å²) in [6.07, 6.45) is 0. The Hall–Kier alpha value is -1.35. The topological polar surface area (TPSA) is 38.3 Å². The first-order chi connectivity index (χ1) is 6.31. The van der Waals surface area contributed by atoms with E-state index in [0.29, 0.717) is 5.56 Å². The van der Waals surface area contributed by atoms with E-state index in [-0.39, 0.29) is 13.4 Å². The van der Waals surface area contributed by atoms with E-state index < -0.39 is 0 Å². The van der Waals surface area contributed by atoms with Crippen LogP contribution in [-0.4, -0.2) is 13.1 Å². The predicted octanol–water partition coefficient (Wildman–Crippen LogP) is 1.71. The molecule has 0 spiro atoms. The molecule has 0 amide bonds. The molecule has 0 radical (unpaired) electrons. The van der Waals surface area contributed by atoms with Gasteiger partial charge in [0.05, 0.1) is 12.7 Å². The zero-order valence-corrected chi connectivity index (χ0v) is 7.46. The lowest BCUT2D eigenvalue weighted by Crippen LogP contribution is -2.02. The fraction of sp³-hybridized carbons (Fsp3) is 0.364. The second kappa shape index (κ2) is 4.24. The average Bonchev–Trinajstić information content (AvgIpc) is 2.63. The Labute approximate surface area is 84.1 Å². The van der Waals surface area contributed by atoms with Crippen LogP contribution in [0.5, 0.6) is 0 Å². The van der Waals surface area contributed by atoms with Gasteiger partial charge in [-0.2, -0.15) is 0 Å². The molecule has 1 aromatic carbocycles. The van der Waals surface area contributed by atoms with E-state index in [9.17, 15) is 4.79 Å². The lowest BCUT2D eigenvalue weighted by Gasteiger charge is -2.01. The first kappa shape index (κ1) is 10.7. The quantitative estimate of drug-likeness (QED) is 0.690. The zero-order chi connectivity index (χ0) is 9.26. The van der Waals surface area contributed by atoms with Crippen molar-refractivity contribution in [2.75, 3.05) is 7.11 Å². The van der Waals surface area contributed by atoms with Gasteiger partial charge in [0.15, 0.2) is 0 Å². The van der Waals surface area contributed by atoms with E-state index in [4.69, 9.17) is 0 Å². The SMILES string of the molecule is C.COC(=O)c1ccc2c(c1)CNC2. The van der Waals surface area contributed by atoms with Crippen LogP contribution in [0.1, 0.15) is 28.9 Å². The molecule has 14 heavy (non-hydrogen) atoms. The second-order valence-corrected chi connectivity index (χ2v) is 3.08. The molecular weight excluding hydrogens is 178 g/mol. The van der Waals surface area contributed by atoms with Gasteiger partial charge in [-0.1, -0.05) is 13.5 Å². The van der Waals surface area contributed by atoms with Crippen LogP contribution in [0.2, 0.25) is 0 Å². The van der Waals surface area contributed by atoms with E-state index in [1.165, 1.54) is 18.2 Å². The Balaban J connectivity index is 0.000000980. The molecule has 3 nitrogen and oxygen atoms in total. The minimum atomic E-state index is -0.269. The third-order valence-corrected chi connectivity index (χ3v) is 2.26. The number of hydrogen-bond donors (Lipinski definition) is 1. The molecule has 0 saturated carbocycles. The van der Waals surface area contributed by atoms with Crippen molar-refractivity contribution in [3.05, 3.63) is 34.9 Å². The monoisotopic (exact) mass is 193 g/mol. The van der Waals surface area contributed by atoms with Gasteiger partial charge >= 0.3 is 5.97 Å². The minimum Gasteiger partial charge on any atom is -0.465 e. The number of ether oxygens (including phenoxy) is 1. The highest BCUT2D eigenvalue weighted by atomic mass is 16.5. The highest BCUT2D eigenvalue weighted by molar-refractivity contribution is 5.89. The largest absolute Gasteiger partial charge is 0.465 e. The van der Waals surface area contributed by atoms with Crippen molar-refractivity contribution in [1.29, 1.82) is 0 Å². The lowest BCUT2D eigenvalue weighted by atomic mass is 10.1. The van der Waals surface area contributed by atoms with E-state index in [1.54, 1.807) is 6.07 Å². The number of esters is 1. The highest BCUT2D eigenvalue weighted by Gasteiger charge is 2.13. The van der Waals surface area contributed by atoms with Gasteiger partial charge < -0.3 is 10.1 Å². The molecule has 76 valence electrons. The fourth-order valence-corrected chi connectivity index (χ4v) is 1.54. The van der Waals surface area contributed by atoms with Gasteiger partial charge in [0, 0.05) is 13.1 Å². The number of carbonyl (C=O) groups excluding carboxylic acids is 1. The third-order valence-electron chi connectivity index (χ3n) is 2.26. The normalized spacial score (nSPS) is 12.9. The van der Waals surface area contributed by atoms with Crippen LogP contribution < -0.4 is 5.32 Å². The highest BCUT2D eigenvalue weighted by Crippen LogP contribution is 2.17. The maximum Gasteiger partial charge on any atom is 0.337 e. The maximum atomic E-state index is 11.2. The third kappa shape index (κ3) is 1.77. The molecule has 0 aliphatic carbocycles. The summed E-state index contributed by atoms with van der Waals surface area (Å²) in [5, 5.41) is 3.22. The molecule has 3 heteroatoms. The smallest absolute Gasteiger partial charge is 0.337 e. The summed E-state index contributed by atoms with van der Waals surface area (Å²) in [4.78, 5) is 11.2. The first-order valence-electron chi connectivity index (χ1n) is 4.22. The fourth-order valence-electron chi connectivity index (χ4n) is 1.54. The average molecular weight is 193 g/mol. The van der Waals surface area contributed by atoms with Gasteiger partial charge in [-0.05, 0) is 23.3 Å². The molecule has 0 aromatic heterocycles. The minimum absolute atomic E-state index is 0. The Kier molecular flexibility index (Phi) is 3.25. The molecule has 0 fully saturated rings. The Morgan fingerprint density at radius 1 is 1.36 bits per heavy atom. The number of benzene rings is 1. The van der Waals surface area contributed by atoms with Gasteiger partial charge in [0.1, 0.15) is 0 Å². The van der Waals surface area contributed by atoms with Crippen molar-refractivity contribution in [1.82, 2.24) is 5.32 Å². The molecule has 0 saturated heterocycles. The summed E-state index contributed by atoms with van der Waals surface area (Å²) < 4.78 is 4.64. The molecule has 1 N–H and O–H groups in total. The molecular formula is C11H15NO2. The zero-order valence-electron chi connectivity index (χ0n) is 7.46. The van der Waals surface area contributed by atoms with Crippen molar-refractivity contribution in [2.24, 2.45) is 0 Å². The van der Waals surface area contributed by atoms with Crippen LogP contribution in [0.4, 0.5) is 0 Å². The number of nitrogens with one attached hydrogen (secondary N) is 1. The molecule has 2 rings (SSSR count). The Morgan fingerprint density at radius 2 is 2.07 bits per heavy atom. The summed E-state index contributed by atoms with van der Waals surface area (Å²) in [7, 11) is 1.40. The number of carbonyl (C=O) groups is 1. The molecule has 1 aromatic rings. The van der Waals surface area contributed by atoms with Crippen LogP contribution in [0, 0.1) is 0 Å². The molecule has 1 heterocycles. The molecule has 0 atom stereocenters. The van der Waals surface area contributed by atoms with Gasteiger partial charge in [0.2, 0.25) is 0 Å². The van der Waals surface area contributed by atoms with Crippen molar-refractivity contribution >= 4 is 5.97 Å². The van der Waals surface area contributed by atoms with Crippen LogP contribution in [0.15, 0.2) is 18.2 Å². The second-order valence-electron chi connectivity index (χ2n) is 3.08. The van der Waals surface area contributed by atoms with Crippen molar-refractivity contribution in [3.8, 4) is 0 Å². The maximum absolute atomic E-state index is 11.2. The van der Waals surface area contributed by atoms with Crippen molar-refractivity contribution in [3.63, 3.8) is 0 Å². The van der Waals surface area contributed by atoms with Gasteiger partial charge in [0.25, 0.3) is 0 Å². The van der Waals surface area contributed by atoms with Crippen molar-refractivity contribution in [2.45, 2.75) is 20.5 Å². The van der Waals surface area contributed by atoms with Gasteiger partial charge in [-0.25, -0.2) is 4.79 Å². The summed E-state index contributed by atoms with van der Waals surface area (Å²) >= 11 is 0.